The van der Waals surface area contributed by atoms with Crippen molar-refractivity contribution >= 4 is 57.1 Å². The molecule has 4 aromatic heterocycles. The van der Waals surface area contributed by atoms with Gasteiger partial charge in [-0.15, -0.1) is 22.7 Å². The number of imidazole rings is 1. The fraction of sp³-hybridized carbons (Fsp3) is 0.250. The first-order valence-corrected chi connectivity index (χ1v) is 11.8. The van der Waals surface area contributed by atoms with Gasteiger partial charge in [-0.25, -0.2) is 9.80 Å². The summed E-state index contributed by atoms with van der Waals surface area (Å²) < 4.78 is 3.55. The molecular formula is C20H17ClN6O3S2. The smallest absolute Gasteiger partial charge is 0.299 e. The Bertz CT molecular complexity index is 1480. The van der Waals surface area contributed by atoms with Gasteiger partial charge in [0.05, 0.1) is 16.6 Å². The lowest BCUT2D eigenvalue weighted by Crippen LogP contribution is -2.38. The molecule has 12 heteroatoms. The van der Waals surface area contributed by atoms with Crippen molar-refractivity contribution in [2.75, 3.05) is 0 Å². The third kappa shape index (κ3) is 3.24. The number of hydrazone groups is 1. The minimum atomic E-state index is -0.561. The van der Waals surface area contributed by atoms with Crippen LogP contribution in [-0.2, 0) is 25.4 Å². The molecular weight excluding hydrogens is 472 g/mol. The predicted molar refractivity (Wildman–Crippen MR) is 125 cm³/mol. The summed E-state index contributed by atoms with van der Waals surface area (Å²) in [5, 5.41) is 9.99. The number of hydrogen-bond acceptors (Lipinski definition) is 7. The van der Waals surface area contributed by atoms with Gasteiger partial charge in [0.1, 0.15) is 6.54 Å². The van der Waals surface area contributed by atoms with Crippen LogP contribution in [0.5, 0.6) is 0 Å². The zero-order valence-corrected chi connectivity index (χ0v) is 19.4. The quantitative estimate of drug-likeness (QED) is 0.412. The average Bonchev–Trinajstić information content (AvgIpc) is 3.57. The highest BCUT2D eigenvalue weighted by Crippen LogP contribution is 2.36. The topological polar surface area (TPSA) is 94.5 Å². The third-order valence-electron chi connectivity index (χ3n) is 5.44. The van der Waals surface area contributed by atoms with Crippen LogP contribution >= 0.6 is 34.3 Å². The maximum Gasteiger partial charge on any atom is 0.332 e. The van der Waals surface area contributed by atoms with Crippen LogP contribution in [0.2, 0.25) is 5.28 Å². The summed E-state index contributed by atoms with van der Waals surface area (Å²) >= 11 is 9.43. The number of rotatable bonds is 4. The van der Waals surface area contributed by atoms with Crippen molar-refractivity contribution in [2.24, 2.45) is 19.2 Å². The van der Waals surface area contributed by atoms with Crippen LogP contribution in [0, 0.1) is 0 Å². The second kappa shape index (κ2) is 7.84. The number of aromatic nitrogens is 4. The summed E-state index contributed by atoms with van der Waals surface area (Å²) in [7, 11) is 2.88. The highest BCUT2D eigenvalue weighted by molar-refractivity contribution is 7.12. The molecule has 1 aliphatic rings. The summed E-state index contributed by atoms with van der Waals surface area (Å²) in [6.45, 7) is -0.230. The zero-order chi connectivity index (χ0) is 22.6. The highest BCUT2D eigenvalue weighted by Gasteiger charge is 2.34. The standard InChI is InChI=1S/C20H17ClN6O3S2/c1-24-17-16(18(29)25(2)20(24)30)26(19(21)22-17)10-15(28)27-12(14-6-4-8-32-14)9-11(23-27)13-5-3-7-31-13/h3-8,12H,9-10H2,1-2H3/t12-/m1/s1. The minimum Gasteiger partial charge on any atom is -0.299 e. The Kier molecular flexibility index (Phi) is 5.11. The molecule has 1 aliphatic heterocycles. The van der Waals surface area contributed by atoms with Crippen molar-refractivity contribution in [1.29, 1.82) is 0 Å². The van der Waals surface area contributed by atoms with Gasteiger partial charge in [0.15, 0.2) is 11.2 Å². The molecule has 1 amide bonds. The number of fused-ring (bicyclic) bond motifs is 1. The predicted octanol–water partition coefficient (Wildman–Crippen LogP) is 2.59. The highest BCUT2D eigenvalue weighted by atomic mass is 35.5. The normalized spacial score (nSPS) is 16.2. The van der Waals surface area contributed by atoms with Crippen LogP contribution in [0.4, 0.5) is 0 Å². The Morgan fingerprint density at radius 1 is 1.16 bits per heavy atom. The number of carbonyl (C=O) groups is 1. The molecule has 0 saturated carbocycles. The summed E-state index contributed by atoms with van der Waals surface area (Å²) in [6.07, 6.45) is 0.599. The van der Waals surface area contributed by atoms with Crippen LogP contribution in [0.15, 0.2) is 49.7 Å². The van der Waals surface area contributed by atoms with E-state index < -0.39 is 11.2 Å². The Hall–Kier alpha value is -3.02. The van der Waals surface area contributed by atoms with E-state index >= 15 is 0 Å². The number of carbonyl (C=O) groups excluding carboxylic acids is 1. The molecule has 0 aliphatic carbocycles. The summed E-state index contributed by atoms with van der Waals surface area (Å²) in [5.74, 6) is -0.327. The first-order valence-electron chi connectivity index (χ1n) is 9.65. The number of aryl methyl sites for hydroxylation is 1. The molecule has 0 fully saturated rings. The van der Waals surface area contributed by atoms with E-state index in [9.17, 15) is 14.4 Å². The molecule has 0 unspecified atom stereocenters. The monoisotopic (exact) mass is 488 g/mol. The molecule has 0 aromatic carbocycles. The Morgan fingerprint density at radius 2 is 1.91 bits per heavy atom. The van der Waals surface area contributed by atoms with Gasteiger partial charge in [-0.3, -0.25) is 23.3 Å². The number of thiophene rings is 2. The van der Waals surface area contributed by atoms with Gasteiger partial charge in [0.2, 0.25) is 5.28 Å². The van der Waals surface area contributed by atoms with Gasteiger partial charge >= 0.3 is 5.69 Å². The number of halogens is 1. The number of amides is 1. The Balaban J connectivity index is 1.56. The van der Waals surface area contributed by atoms with E-state index in [1.54, 1.807) is 22.7 Å². The van der Waals surface area contributed by atoms with Gasteiger partial charge in [0.25, 0.3) is 11.5 Å². The van der Waals surface area contributed by atoms with Crippen molar-refractivity contribution in [1.82, 2.24) is 23.7 Å². The second-order valence-electron chi connectivity index (χ2n) is 7.34. The molecule has 0 N–H and O–H groups in total. The second-order valence-corrected chi connectivity index (χ2v) is 9.61. The fourth-order valence-corrected chi connectivity index (χ4v) is 5.56. The summed E-state index contributed by atoms with van der Waals surface area (Å²) in [4.78, 5) is 44.6. The molecule has 0 saturated heterocycles. The van der Waals surface area contributed by atoms with E-state index in [1.165, 1.54) is 28.2 Å². The molecule has 32 heavy (non-hydrogen) atoms. The fourth-order valence-electron chi connectivity index (χ4n) is 3.81. The molecule has 4 aromatic rings. The van der Waals surface area contributed by atoms with E-state index in [4.69, 9.17) is 11.6 Å². The molecule has 0 spiro atoms. The first-order chi connectivity index (χ1) is 15.4. The van der Waals surface area contributed by atoms with E-state index in [0.717, 1.165) is 20.0 Å². The summed E-state index contributed by atoms with van der Waals surface area (Å²) in [5.41, 5.74) is -0.00392. The number of hydrogen-bond donors (Lipinski definition) is 0. The molecule has 5 heterocycles. The van der Waals surface area contributed by atoms with Gasteiger partial charge in [-0.05, 0) is 34.5 Å². The van der Waals surface area contributed by atoms with Gasteiger partial charge in [-0.1, -0.05) is 12.1 Å². The van der Waals surface area contributed by atoms with E-state index in [0.29, 0.717) is 6.42 Å². The van der Waals surface area contributed by atoms with Crippen molar-refractivity contribution < 1.29 is 4.79 Å². The first kappa shape index (κ1) is 20.9. The minimum absolute atomic E-state index is 0.0408. The van der Waals surface area contributed by atoms with Crippen LogP contribution in [0.3, 0.4) is 0 Å². The molecule has 1 atom stereocenters. The summed E-state index contributed by atoms with van der Waals surface area (Å²) in [6, 6.07) is 7.61. The lowest BCUT2D eigenvalue weighted by Gasteiger charge is -2.21. The van der Waals surface area contributed by atoms with Gasteiger partial charge in [-0.2, -0.15) is 10.1 Å². The largest absolute Gasteiger partial charge is 0.332 e. The molecule has 9 nitrogen and oxygen atoms in total. The lowest BCUT2D eigenvalue weighted by molar-refractivity contribution is -0.133. The third-order valence-corrected chi connectivity index (χ3v) is 7.62. The molecule has 5 rings (SSSR count). The van der Waals surface area contributed by atoms with Gasteiger partial charge in [0, 0.05) is 25.4 Å². The van der Waals surface area contributed by atoms with Crippen LogP contribution < -0.4 is 11.2 Å². The van der Waals surface area contributed by atoms with Crippen LogP contribution in [0.1, 0.15) is 22.2 Å². The van der Waals surface area contributed by atoms with Crippen LogP contribution in [-0.4, -0.2) is 35.3 Å². The average molecular weight is 489 g/mol. The van der Waals surface area contributed by atoms with Crippen LogP contribution in [0.25, 0.3) is 11.2 Å². The SMILES string of the molecule is Cn1c(=O)c2c(nc(Cl)n2CC(=O)N2N=C(c3cccs3)C[C@@H]2c2cccs2)n(C)c1=O. The van der Waals surface area contributed by atoms with Crippen molar-refractivity contribution in [2.45, 2.75) is 19.0 Å². The molecule has 0 bridgehead atoms. The Labute approximate surface area is 194 Å². The molecule has 0 radical (unpaired) electrons. The van der Waals surface area contributed by atoms with E-state index in [2.05, 4.69) is 10.1 Å². The zero-order valence-electron chi connectivity index (χ0n) is 17.1. The Morgan fingerprint density at radius 3 is 2.59 bits per heavy atom. The maximum absolute atomic E-state index is 13.4. The lowest BCUT2D eigenvalue weighted by atomic mass is 10.1. The van der Waals surface area contributed by atoms with Gasteiger partial charge < -0.3 is 0 Å². The van der Waals surface area contributed by atoms with E-state index in [1.807, 2.05) is 35.0 Å². The number of nitrogens with zero attached hydrogens (tertiary/aromatic N) is 6. The van der Waals surface area contributed by atoms with E-state index in [-0.39, 0.29) is 34.9 Å². The van der Waals surface area contributed by atoms with Crippen molar-refractivity contribution in [3.05, 3.63) is 70.9 Å². The maximum atomic E-state index is 13.4. The molecule has 164 valence electrons. The van der Waals surface area contributed by atoms with Crippen molar-refractivity contribution in [3.63, 3.8) is 0 Å². The van der Waals surface area contributed by atoms with Crippen molar-refractivity contribution in [3.8, 4) is 0 Å².